The Morgan fingerprint density at radius 1 is 1.42 bits per heavy atom. The van der Waals surface area contributed by atoms with Crippen molar-refractivity contribution in [1.82, 2.24) is 10.3 Å². The van der Waals surface area contributed by atoms with Crippen molar-refractivity contribution >= 4 is 11.3 Å². The quantitative estimate of drug-likeness (QED) is 0.833. The van der Waals surface area contributed by atoms with E-state index in [1.165, 1.54) is 10.7 Å². The number of hydrogen-bond donors (Lipinski definition) is 1. The molecule has 1 aromatic heterocycles. The van der Waals surface area contributed by atoms with E-state index in [1.54, 1.807) is 18.4 Å². The second-order valence-electron chi connectivity index (χ2n) is 6.08. The zero-order chi connectivity index (χ0) is 14.5. The van der Waals surface area contributed by atoms with Crippen LogP contribution < -0.4 is 5.32 Å². The van der Waals surface area contributed by atoms with Gasteiger partial charge in [-0.3, -0.25) is 0 Å². The summed E-state index contributed by atoms with van der Waals surface area (Å²) in [4.78, 5) is 4.77. The van der Waals surface area contributed by atoms with Gasteiger partial charge in [-0.2, -0.15) is 0 Å². The van der Waals surface area contributed by atoms with Crippen LogP contribution >= 0.6 is 11.3 Å². The highest BCUT2D eigenvalue weighted by Crippen LogP contribution is 2.24. The van der Waals surface area contributed by atoms with Gasteiger partial charge in [0.15, 0.2) is 0 Å². The van der Waals surface area contributed by atoms with Crippen molar-refractivity contribution in [1.29, 1.82) is 0 Å². The van der Waals surface area contributed by atoms with Gasteiger partial charge in [-0.25, -0.2) is 4.98 Å². The highest BCUT2D eigenvalue weighted by atomic mass is 32.1. The molecule has 0 aliphatic rings. The average molecular weight is 284 g/mol. The predicted molar refractivity (Wildman–Crippen MR) is 83.1 cm³/mol. The van der Waals surface area contributed by atoms with E-state index < -0.39 is 0 Å². The molecule has 0 spiro atoms. The molecule has 1 N–H and O–H groups in total. The second-order valence-corrected chi connectivity index (χ2v) is 7.02. The van der Waals surface area contributed by atoms with Crippen LogP contribution in [0.2, 0.25) is 0 Å². The van der Waals surface area contributed by atoms with Gasteiger partial charge in [0, 0.05) is 30.4 Å². The number of hydrogen-bond acceptors (Lipinski definition) is 4. The minimum atomic E-state index is 0.133. The Hall–Kier alpha value is -0.450. The molecular weight excluding hydrogens is 256 g/mol. The van der Waals surface area contributed by atoms with Crippen molar-refractivity contribution in [3.8, 4) is 0 Å². The highest BCUT2D eigenvalue weighted by molar-refractivity contribution is 7.09. The summed E-state index contributed by atoms with van der Waals surface area (Å²) >= 11 is 1.76. The van der Waals surface area contributed by atoms with Crippen LogP contribution in [0, 0.1) is 0 Å². The van der Waals surface area contributed by atoms with E-state index in [4.69, 9.17) is 9.72 Å². The number of methoxy groups -OCH3 is 1. The number of rotatable bonds is 7. The first-order valence-corrected chi connectivity index (χ1v) is 7.97. The molecule has 2 atom stereocenters. The second kappa shape index (κ2) is 7.36. The van der Waals surface area contributed by atoms with Gasteiger partial charge < -0.3 is 10.1 Å². The van der Waals surface area contributed by atoms with E-state index in [9.17, 15) is 0 Å². The van der Waals surface area contributed by atoms with Crippen LogP contribution in [0.15, 0.2) is 5.38 Å². The molecule has 0 amide bonds. The molecule has 0 aliphatic heterocycles. The molecule has 3 nitrogen and oxygen atoms in total. The maximum atomic E-state index is 5.47. The van der Waals surface area contributed by atoms with Crippen molar-refractivity contribution < 1.29 is 4.74 Å². The maximum Gasteiger partial charge on any atom is 0.0945 e. The summed E-state index contributed by atoms with van der Waals surface area (Å²) in [6, 6.07) is 0.337. The van der Waals surface area contributed by atoms with Gasteiger partial charge in [-0.05, 0) is 19.9 Å². The van der Waals surface area contributed by atoms with Gasteiger partial charge in [-0.1, -0.05) is 27.7 Å². The van der Waals surface area contributed by atoms with Crippen LogP contribution in [0.1, 0.15) is 51.7 Å². The van der Waals surface area contributed by atoms with Crippen LogP contribution in [-0.4, -0.2) is 30.8 Å². The maximum absolute atomic E-state index is 5.47. The zero-order valence-corrected chi connectivity index (χ0v) is 13.9. The van der Waals surface area contributed by atoms with Crippen LogP contribution in [0.3, 0.4) is 0 Å². The summed E-state index contributed by atoms with van der Waals surface area (Å²) in [6.07, 6.45) is 2.28. The summed E-state index contributed by atoms with van der Waals surface area (Å²) < 4.78 is 5.47. The molecule has 0 radical (unpaired) electrons. The van der Waals surface area contributed by atoms with Gasteiger partial charge in [0.2, 0.25) is 0 Å². The molecule has 0 aromatic carbocycles. The first-order chi connectivity index (χ1) is 8.88. The fraction of sp³-hybridized carbons (Fsp3) is 0.800. The van der Waals surface area contributed by atoms with Gasteiger partial charge >= 0.3 is 0 Å². The minimum absolute atomic E-state index is 0.133. The summed E-state index contributed by atoms with van der Waals surface area (Å²) in [5, 5.41) is 6.94. The molecular formula is C15H28N2OS. The molecule has 1 heterocycles. The Morgan fingerprint density at radius 3 is 2.58 bits per heavy atom. The third-order valence-electron chi connectivity index (χ3n) is 3.31. The molecule has 0 bridgehead atoms. The SMILES string of the molecule is CCCNC(Cc1nc(C(C)(C)C)cs1)C(C)OC. The molecule has 1 rings (SSSR count). The standard InChI is InChI=1S/C15H28N2OS/c1-7-8-16-12(11(2)18-6)9-14-17-13(10-19-14)15(3,4)5/h10-12,16H,7-9H2,1-6H3. The largest absolute Gasteiger partial charge is 0.380 e. The third-order valence-corrected chi connectivity index (χ3v) is 4.18. The Balaban J connectivity index is 2.70. The fourth-order valence-corrected chi connectivity index (χ4v) is 2.92. The van der Waals surface area contributed by atoms with Crippen molar-refractivity contribution in [2.45, 2.75) is 65.0 Å². The van der Waals surface area contributed by atoms with Crippen LogP contribution in [0.5, 0.6) is 0 Å². The van der Waals surface area contributed by atoms with E-state index in [-0.39, 0.29) is 11.5 Å². The topological polar surface area (TPSA) is 34.2 Å². The molecule has 0 saturated heterocycles. The highest BCUT2D eigenvalue weighted by Gasteiger charge is 2.21. The number of aromatic nitrogens is 1. The average Bonchev–Trinajstić information content (AvgIpc) is 2.81. The smallest absolute Gasteiger partial charge is 0.0945 e. The van der Waals surface area contributed by atoms with E-state index in [1.807, 2.05) is 0 Å². The molecule has 0 saturated carbocycles. The molecule has 110 valence electrons. The Kier molecular flexibility index (Phi) is 6.43. The predicted octanol–water partition coefficient (Wildman–Crippen LogP) is 3.39. The summed E-state index contributed by atoms with van der Waals surface area (Å²) in [5.41, 5.74) is 1.32. The van der Waals surface area contributed by atoms with E-state index >= 15 is 0 Å². The van der Waals surface area contributed by atoms with E-state index in [2.05, 4.69) is 45.3 Å². The molecule has 2 unspecified atom stereocenters. The summed E-state index contributed by atoms with van der Waals surface area (Å²) in [6.45, 7) is 11.9. The molecule has 4 heteroatoms. The van der Waals surface area contributed by atoms with Crippen LogP contribution in [-0.2, 0) is 16.6 Å². The first kappa shape index (κ1) is 16.6. The van der Waals surface area contributed by atoms with Crippen molar-refractivity contribution in [3.63, 3.8) is 0 Å². The zero-order valence-electron chi connectivity index (χ0n) is 13.1. The Labute approximate surface area is 121 Å². The molecule has 19 heavy (non-hydrogen) atoms. The Morgan fingerprint density at radius 2 is 2.11 bits per heavy atom. The van der Waals surface area contributed by atoms with E-state index in [0.717, 1.165) is 19.4 Å². The van der Waals surface area contributed by atoms with Crippen molar-refractivity contribution in [2.24, 2.45) is 0 Å². The minimum Gasteiger partial charge on any atom is -0.380 e. The summed E-state index contributed by atoms with van der Waals surface area (Å²) in [7, 11) is 1.77. The lowest BCUT2D eigenvalue weighted by molar-refractivity contribution is 0.0830. The number of nitrogens with zero attached hydrogens (tertiary/aromatic N) is 1. The lowest BCUT2D eigenvalue weighted by Gasteiger charge is -2.23. The van der Waals surface area contributed by atoms with Gasteiger partial charge in [0.1, 0.15) is 0 Å². The monoisotopic (exact) mass is 284 g/mol. The lowest BCUT2D eigenvalue weighted by atomic mass is 9.93. The number of ether oxygens (including phenoxy) is 1. The first-order valence-electron chi connectivity index (χ1n) is 7.09. The Bertz CT molecular complexity index is 370. The van der Waals surface area contributed by atoms with Crippen molar-refractivity contribution in [2.75, 3.05) is 13.7 Å². The summed E-state index contributed by atoms with van der Waals surface area (Å²) in [5.74, 6) is 0. The van der Waals surface area contributed by atoms with Crippen LogP contribution in [0.4, 0.5) is 0 Å². The molecule has 0 fully saturated rings. The fourth-order valence-electron chi connectivity index (χ4n) is 1.84. The number of thiazole rings is 1. The lowest BCUT2D eigenvalue weighted by Crippen LogP contribution is -2.41. The third kappa shape index (κ3) is 5.21. The van der Waals surface area contributed by atoms with E-state index in [0.29, 0.717) is 6.04 Å². The normalized spacial score (nSPS) is 15.5. The molecule has 0 aliphatic carbocycles. The molecule has 1 aromatic rings. The van der Waals surface area contributed by atoms with Gasteiger partial charge in [-0.15, -0.1) is 11.3 Å². The number of nitrogens with one attached hydrogen (secondary N) is 1. The van der Waals surface area contributed by atoms with Gasteiger partial charge in [0.25, 0.3) is 0 Å². The van der Waals surface area contributed by atoms with Gasteiger partial charge in [0.05, 0.1) is 16.8 Å². The van der Waals surface area contributed by atoms with Crippen molar-refractivity contribution in [3.05, 3.63) is 16.1 Å². The van der Waals surface area contributed by atoms with Crippen LogP contribution in [0.25, 0.3) is 0 Å².